The molecule has 1 aromatic rings. The van der Waals surface area contributed by atoms with E-state index in [0.717, 1.165) is 56.5 Å². The molecule has 1 heterocycles. The third kappa shape index (κ3) is 4.05. The Morgan fingerprint density at radius 2 is 1.70 bits per heavy atom. The molecule has 1 aromatic carbocycles. The van der Waals surface area contributed by atoms with E-state index >= 15 is 0 Å². The molecule has 1 saturated carbocycles. The number of nitrogens with one attached hydrogen (secondary N) is 1. The Bertz CT molecular complexity index is 546. The van der Waals surface area contributed by atoms with Crippen molar-refractivity contribution in [2.45, 2.75) is 44.4 Å². The number of carbonyl (C=O) groups is 1. The minimum Gasteiger partial charge on any atom is -0.335 e. The van der Waals surface area contributed by atoms with Crippen LogP contribution >= 0.6 is 0 Å². The number of amides is 1. The van der Waals surface area contributed by atoms with E-state index in [9.17, 15) is 18.0 Å². The largest absolute Gasteiger partial charge is 0.416 e. The zero-order chi connectivity index (χ0) is 16.4. The summed E-state index contributed by atoms with van der Waals surface area (Å²) < 4.78 is 37.9. The van der Waals surface area contributed by atoms with Crippen LogP contribution in [0.5, 0.6) is 0 Å². The van der Waals surface area contributed by atoms with Crippen LogP contribution < -0.4 is 5.32 Å². The maximum Gasteiger partial charge on any atom is 0.416 e. The summed E-state index contributed by atoms with van der Waals surface area (Å²) in [4.78, 5) is 14.6. The Morgan fingerprint density at radius 3 is 2.22 bits per heavy atom. The van der Waals surface area contributed by atoms with Crippen molar-refractivity contribution in [2.24, 2.45) is 5.92 Å². The topological polar surface area (TPSA) is 32.3 Å². The van der Waals surface area contributed by atoms with Crippen molar-refractivity contribution in [3.8, 4) is 0 Å². The van der Waals surface area contributed by atoms with Gasteiger partial charge in [0, 0.05) is 18.5 Å². The molecular weight excluding hydrogens is 305 g/mol. The molecule has 126 valence electrons. The van der Waals surface area contributed by atoms with E-state index in [4.69, 9.17) is 0 Å². The van der Waals surface area contributed by atoms with Crippen LogP contribution in [0, 0.1) is 5.92 Å². The van der Waals surface area contributed by atoms with Crippen LogP contribution in [-0.2, 0) is 17.5 Å². The highest BCUT2D eigenvalue weighted by atomic mass is 19.4. The van der Waals surface area contributed by atoms with Gasteiger partial charge >= 0.3 is 6.18 Å². The Kier molecular flexibility index (Phi) is 4.62. The second kappa shape index (κ2) is 6.51. The third-order valence-electron chi connectivity index (χ3n) is 4.59. The van der Waals surface area contributed by atoms with E-state index in [2.05, 4.69) is 5.32 Å². The lowest BCUT2D eigenvalue weighted by molar-refractivity contribution is -0.138. The van der Waals surface area contributed by atoms with Crippen LogP contribution in [0.25, 0.3) is 0 Å². The first-order chi connectivity index (χ1) is 10.9. The van der Waals surface area contributed by atoms with Gasteiger partial charge in [-0.1, -0.05) is 12.1 Å². The minimum absolute atomic E-state index is 0.0475. The van der Waals surface area contributed by atoms with Gasteiger partial charge in [0.05, 0.1) is 5.56 Å². The van der Waals surface area contributed by atoms with Crippen LogP contribution in [0.2, 0.25) is 0 Å². The van der Waals surface area contributed by atoms with Crippen molar-refractivity contribution in [1.29, 1.82) is 0 Å². The number of halogens is 3. The van der Waals surface area contributed by atoms with E-state index < -0.39 is 11.7 Å². The average molecular weight is 326 g/mol. The van der Waals surface area contributed by atoms with Crippen molar-refractivity contribution in [1.82, 2.24) is 10.2 Å². The van der Waals surface area contributed by atoms with Gasteiger partial charge in [0.2, 0.25) is 5.91 Å². The van der Waals surface area contributed by atoms with Crippen molar-refractivity contribution >= 4 is 5.91 Å². The van der Waals surface area contributed by atoms with Crippen LogP contribution in [0.15, 0.2) is 24.3 Å². The standard InChI is InChI=1S/C17H21F3N2O/c18-17(19,20)14-3-1-12(2-4-14)11-22(15-5-6-15)16(23)13-7-9-21-10-8-13/h1-4,13,15,21H,5-11H2. The Hall–Kier alpha value is -1.56. The van der Waals surface area contributed by atoms with Crippen molar-refractivity contribution in [3.63, 3.8) is 0 Å². The molecule has 3 nitrogen and oxygen atoms in total. The summed E-state index contributed by atoms with van der Waals surface area (Å²) in [5.41, 5.74) is 0.107. The summed E-state index contributed by atoms with van der Waals surface area (Å²) in [6, 6.07) is 5.41. The second-order valence-corrected chi connectivity index (χ2v) is 6.42. The highest BCUT2D eigenvalue weighted by molar-refractivity contribution is 5.79. The number of hydrogen-bond donors (Lipinski definition) is 1. The van der Waals surface area contributed by atoms with E-state index in [1.54, 1.807) is 0 Å². The molecule has 0 radical (unpaired) electrons. The predicted octanol–water partition coefficient (Wildman–Crippen LogP) is 3.20. The van der Waals surface area contributed by atoms with Gasteiger partial charge in [-0.25, -0.2) is 0 Å². The van der Waals surface area contributed by atoms with Crippen LogP contribution in [-0.4, -0.2) is 29.9 Å². The number of piperidine rings is 1. The van der Waals surface area contributed by atoms with Gasteiger partial charge in [-0.3, -0.25) is 4.79 Å². The number of hydrogen-bond acceptors (Lipinski definition) is 2. The lowest BCUT2D eigenvalue weighted by atomic mass is 9.96. The highest BCUT2D eigenvalue weighted by Crippen LogP contribution is 2.32. The lowest BCUT2D eigenvalue weighted by Gasteiger charge is -2.30. The normalized spacial score (nSPS) is 19.6. The maximum atomic E-state index is 12.7. The molecule has 1 aliphatic carbocycles. The molecule has 2 aliphatic rings. The van der Waals surface area contributed by atoms with Gasteiger partial charge in [0.25, 0.3) is 0 Å². The lowest BCUT2D eigenvalue weighted by Crippen LogP contribution is -2.41. The van der Waals surface area contributed by atoms with Gasteiger partial charge < -0.3 is 10.2 Å². The smallest absolute Gasteiger partial charge is 0.335 e. The zero-order valence-corrected chi connectivity index (χ0v) is 12.9. The number of rotatable bonds is 4. The monoisotopic (exact) mass is 326 g/mol. The molecule has 1 N–H and O–H groups in total. The van der Waals surface area contributed by atoms with Gasteiger partial charge in [0.15, 0.2) is 0 Å². The van der Waals surface area contributed by atoms with Crippen molar-refractivity contribution < 1.29 is 18.0 Å². The summed E-state index contributed by atoms with van der Waals surface area (Å²) in [6.07, 6.45) is -0.640. The Balaban J connectivity index is 1.68. The zero-order valence-electron chi connectivity index (χ0n) is 12.9. The number of alkyl halides is 3. The molecule has 0 unspecified atom stereocenters. The van der Waals surface area contributed by atoms with E-state index in [0.29, 0.717) is 6.54 Å². The fraction of sp³-hybridized carbons (Fsp3) is 0.588. The molecule has 0 aromatic heterocycles. The van der Waals surface area contributed by atoms with Gasteiger partial charge in [0.1, 0.15) is 0 Å². The van der Waals surface area contributed by atoms with Crippen molar-refractivity contribution in [2.75, 3.05) is 13.1 Å². The number of benzene rings is 1. The molecular formula is C17H21F3N2O. The van der Waals surface area contributed by atoms with E-state index in [1.165, 1.54) is 12.1 Å². The molecule has 1 amide bonds. The third-order valence-corrected chi connectivity index (χ3v) is 4.59. The highest BCUT2D eigenvalue weighted by Gasteiger charge is 2.36. The molecule has 0 bridgehead atoms. The SMILES string of the molecule is O=C(C1CCNCC1)N(Cc1ccc(C(F)(F)F)cc1)C1CC1. The molecule has 0 spiro atoms. The molecule has 0 atom stereocenters. The van der Waals surface area contributed by atoms with E-state index in [-0.39, 0.29) is 17.9 Å². The Morgan fingerprint density at radius 1 is 1.09 bits per heavy atom. The summed E-state index contributed by atoms with van der Waals surface area (Å²) >= 11 is 0. The minimum atomic E-state index is -4.32. The van der Waals surface area contributed by atoms with Crippen molar-refractivity contribution in [3.05, 3.63) is 35.4 Å². The maximum absolute atomic E-state index is 12.7. The summed E-state index contributed by atoms with van der Waals surface area (Å²) in [5, 5.41) is 3.25. The number of carbonyl (C=O) groups excluding carboxylic acids is 1. The average Bonchev–Trinajstić information content (AvgIpc) is 3.37. The molecule has 1 aliphatic heterocycles. The van der Waals surface area contributed by atoms with Crippen LogP contribution in [0.4, 0.5) is 13.2 Å². The molecule has 6 heteroatoms. The van der Waals surface area contributed by atoms with Gasteiger partial charge in [-0.15, -0.1) is 0 Å². The Labute approximate surface area is 133 Å². The fourth-order valence-corrected chi connectivity index (χ4v) is 3.07. The predicted molar refractivity (Wildman–Crippen MR) is 80.6 cm³/mol. The van der Waals surface area contributed by atoms with Crippen LogP contribution in [0.1, 0.15) is 36.8 Å². The fourth-order valence-electron chi connectivity index (χ4n) is 3.07. The number of nitrogens with zero attached hydrogens (tertiary/aromatic N) is 1. The summed E-state index contributed by atoms with van der Waals surface area (Å²) in [6.45, 7) is 2.12. The molecule has 23 heavy (non-hydrogen) atoms. The summed E-state index contributed by atoms with van der Waals surface area (Å²) in [5.74, 6) is 0.209. The molecule has 2 fully saturated rings. The first-order valence-corrected chi connectivity index (χ1v) is 8.12. The summed E-state index contributed by atoms with van der Waals surface area (Å²) in [7, 11) is 0. The molecule has 1 saturated heterocycles. The molecule has 3 rings (SSSR count). The first-order valence-electron chi connectivity index (χ1n) is 8.12. The second-order valence-electron chi connectivity index (χ2n) is 6.42. The van der Waals surface area contributed by atoms with Gasteiger partial charge in [-0.05, 0) is 56.5 Å². The van der Waals surface area contributed by atoms with E-state index in [1.807, 2.05) is 4.90 Å². The quantitative estimate of drug-likeness (QED) is 0.921. The van der Waals surface area contributed by atoms with Gasteiger partial charge in [-0.2, -0.15) is 13.2 Å². The van der Waals surface area contributed by atoms with Crippen LogP contribution in [0.3, 0.4) is 0 Å². The first kappa shape index (κ1) is 16.3.